The lowest BCUT2D eigenvalue weighted by molar-refractivity contribution is -0.146. The van der Waals surface area contributed by atoms with Crippen LogP contribution in [0.4, 0.5) is 4.79 Å². The Morgan fingerprint density at radius 1 is 0.935 bits per heavy atom. The molecule has 3 amide bonds. The van der Waals surface area contributed by atoms with E-state index in [2.05, 4.69) is 10.6 Å². The van der Waals surface area contributed by atoms with Crippen molar-refractivity contribution in [1.82, 2.24) is 15.5 Å². The van der Waals surface area contributed by atoms with E-state index in [-0.39, 0.29) is 52.2 Å². The minimum atomic E-state index is -1.28. The molecular formula is C20H33N3O8. The first-order valence-corrected chi connectivity index (χ1v) is 10.3. The van der Waals surface area contributed by atoms with Crippen LogP contribution in [-0.2, 0) is 33.4 Å². The highest BCUT2D eigenvalue weighted by atomic mass is 16.6. The van der Waals surface area contributed by atoms with Gasteiger partial charge in [-0.1, -0.05) is 0 Å². The van der Waals surface area contributed by atoms with Crippen molar-refractivity contribution in [1.29, 1.82) is 0 Å². The van der Waals surface area contributed by atoms with Crippen molar-refractivity contribution in [2.45, 2.75) is 53.1 Å². The van der Waals surface area contributed by atoms with E-state index in [1.165, 1.54) is 4.90 Å². The van der Waals surface area contributed by atoms with Crippen LogP contribution in [-0.4, -0.2) is 79.7 Å². The van der Waals surface area contributed by atoms with Crippen molar-refractivity contribution in [2.24, 2.45) is 5.41 Å². The molecular weight excluding hydrogens is 410 g/mol. The summed E-state index contributed by atoms with van der Waals surface area (Å²) in [6.45, 7) is 8.26. The first kappa shape index (κ1) is 26.2. The highest BCUT2D eigenvalue weighted by Gasteiger charge is 2.48. The maximum atomic E-state index is 12.9. The number of ether oxygens (including phenoxy) is 3. The molecule has 1 atom stereocenters. The molecule has 1 heterocycles. The van der Waals surface area contributed by atoms with E-state index in [9.17, 15) is 24.0 Å². The van der Waals surface area contributed by atoms with Gasteiger partial charge in [-0.25, -0.2) is 4.79 Å². The van der Waals surface area contributed by atoms with Gasteiger partial charge in [-0.05, 0) is 41.0 Å². The maximum Gasteiger partial charge on any atom is 0.410 e. The van der Waals surface area contributed by atoms with Gasteiger partial charge in [0.1, 0.15) is 18.7 Å². The quantitative estimate of drug-likeness (QED) is 0.385. The fourth-order valence-corrected chi connectivity index (χ4v) is 3.07. The van der Waals surface area contributed by atoms with Gasteiger partial charge in [0, 0.05) is 19.5 Å². The zero-order valence-corrected chi connectivity index (χ0v) is 18.9. The summed E-state index contributed by atoms with van der Waals surface area (Å²) in [6, 6.07) is 0. The van der Waals surface area contributed by atoms with Crippen LogP contribution in [0.2, 0.25) is 0 Å². The molecule has 0 spiro atoms. The predicted octanol–water partition coefficient (Wildman–Crippen LogP) is 0.362. The highest BCUT2D eigenvalue weighted by molar-refractivity contribution is 5.92. The van der Waals surface area contributed by atoms with Gasteiger partial charge in [0.15, 0.2) is 0 Å². The predicted molar refractivity (Wildman–Crippen MR) is 109 cm³/mol. The zero-order chi connectivity index (χ0) is 23.7. The first-order valence-electron chi connectivity index (χ1n) is 10.3. The van der Waals surface area contributed by atoms with Crippen LogP contribution in [0.1, 0.15) is 47.5 Å². The first-order chi connectivity index (χ1) is 14.4. The molecule has 0 aromatic heterocycles. The molecule has 0 radical (unpaired) electrons. The monoisotopic (exact) mass is 443 g/mol. The molecule has 0 unspecified atom stereocenters. The maximum absolute atomic E-state index is 12.9. The van der Waals surface area contributed by atoms with Gasteiger partial charge in [-0.15, -0.1) is 0 Å². The Balaban J connectivity index is 2.88. The standard InChI is InChI=1S/C20H33N3O8/c1-6-29-15(25)11-21-14(24)10-20(17(27)22-12-16(26)30-7-2)8-9-23(13-20)18(28)31-19(3,4)5/h6-13H2,1-5H3,(H,21,24)(H,22,27)/t20-/m0/s1. The van der Waals surface area contributed by atoms with E-state index in [1.807, 2.05) is 0 Å². The Morgan fingerprint density at radius 3 is 2.00 bits per heavy atom. The van der Waals surface area contributed by atoms with Gasteiger partial charge < -0.3 is 29.7 Å². The van der Waals surface area contributed by atoms with Gasteiger partial charge in [-0.2, -0.15) is 0 Å². The molecule has 1 rings (SSSR count). The Labute approximate surface area is 182 Å². The largest absolute Gasteiger partial charge is 0.465 e. The molecule has 2 N–H and O–H groups in total. The number of carbonyl (C=O) groups is 5. The summed E-state index contributed by atoms with van der Waals surface area (Å²) in [5.74, 6) is -2.32. The normalized spacial score (nSPS) is 18.2. The number of nitrogens with zero attached hydrogens (tertiary/aromatic N) is 1. The van der Waals surface area contributed by atoms with Gasteiger partial charge in [-0.3, -0.25) is 19.2 Å². The Kier molecular flexibility index (Phi) is 9.73. The van der Waals surface area contributed by atoms with Crippen LogP contribution >= 0.6 is 0 Å². The zero-order valence-electron chi connectivity index (χ0n) is 18.9. The topological polar surface area (TPSA) is 140 Å². The van der Waals surface area contributed by atoms with Crippen LogP contribution in [0.3, 0.4) is 0 Å². The molecule has 1 saturated heterocycles. The molecule has 1 aliphatic rings. The third-order valence-corrected chi connectivity index (χ3v) is 4.42. The second-order valence-electron chi connectivity index (χ2n) is 8.18. The average Bonchev–Trinajstić information content (AvgIpc) is 3.09. The molecule has 1 aliphatic heterocycles. The van der Waals surface area contributed by atoms with Crippen LogP contribution in [0, 0.1) is 5.41 Å². The van der Waals surface area contributed by atoms with Crippen molar-refractivity contribution in [3.8, 4) is 0 Å². The fraction of sp³-hybridized carbons (Fsp3) is 0.750. The minimum Gasteiger partial charge on any atom is -0.465 e. The lowest BCUT2D eigenvalue weighted by atomic mass is 9.82. The van der Waals surface area contributed by atoms with Crippen LogP contribution in [0.15, 0.2) is 0 Å². The number of hydrogen-bond donors (Lipinski definition) is 2. The second kappa shape index (κ2) is 11.5. The fourth-order valence-electron chi connectivity index (χ4n) is 3.07. The van der Waals surface area contributed by atoms with E-state index in [0.717, 1.165) is 0 Å². The van der Waals surface area contributed by atoms with E-state index in [4.69, 9.17) is 14.2 Å². The summed E-state index contributed by atoms with van der Waals surface area (Å²) in [5, 5.41) is 4.91. The summed E-state index contributed by atoms with van der Waals surface area (Å²) < 4.78 is 14.9. The second-order valence-corrected chi connectivity index (χ2v) is 8.18. The van der Waals surface area contributed by atoms with Gasteiger partial charge in [0.25, 0.3) is 0 Å². The van der Waals surface area contributed by atoms with Crippen LogP contribution < -0.4 is 10.6 Å². The molecule has 11 heteroatoms. The number of esters is 2. The molecule has 31 heavy (non-hydrogen) atoms. The third-order valence-electron chi connectivity index (χ3n) is 4.42. The Hall–Kier alpha value is -2.85. The number of rotatable bonds is 9. The molecule has 0 saturated carbocycles. The van der Waals surface area contributed by atoms with Crippen LogP contribution in [0.25, 0.3) is 0 Å². The Bertz CT molecular complexity index is 688. The van der Waals surface area contributed by atoms with Gasteiger partial charge in [0.05, 0.1) is 18.6 Å². The highest BCUT2D eigenvalue weighted by Crippen LogP contribution is 2.35. The molecule has 11 nitrogen and oxygen atoms in total. The van der Waals surface area contributed by atoms with E-state index < -0.39 is 40.9 Å². The summed E-state index contributed by atoms with van der Waals surface area (Å²) in [4.78, 5) is 62.2. The lowest BCUT2D eigenvalue weighted by Crippen LogP contribution is -2.48. The average molecular weight is 443 g/mol. The van der Waals surface area contributed by atoms with Gasteiger partial charge >= 0.3 is 18.0 Å². The van der Waals surface area contributed by atoms with Crippen molar-refractivity contribution < 1.29 is 38.2 Å². The summed E-state index contributed by atoms with van der Waals surface area (Å²) in [7, 11) is 0. The smallest absolute Gasteiger partial charge is 0.410 e. The summed E-state index contributed by atoms with van der Waals surface area (Å²) >= 11 is 0. The number of amides is 3. The summed E-state index contributed by atoms with van der Waals surface area (Å²) in [6.07, 6.45) is -0.687. The van der Waals surface area contributed by atoms with Crippen molar-refractivity contribution >= 4 is 29.8 Å². The third kappa shape index (κ3) is 8.81. The van der Waals surface area contributed by atoms with E-state index in [0.29, 0.717) is 0 Å². The van der Waals surface area contributed by atoms with Crippen molar-refractivity contribution in [3.05, 3.63) is 0 Å². The van der Waals surface area contributed by atoms with Crippen molar-refractivity contribution in [2.75, 3.05) is 39.4 Å². The molecule has 0 aliphatic carbocycles. The molecule has 0 bridgehead atoms. The molecule has 0 aromatic carbocycles. The molecule has 1 fully saturated rings. The number of carbonyl (C=O) groups excluding carboxylic acids is 5. The number of nitrogens with one attached hydrogen (secondary N) is 2. The Morgan fingerprint density at radius 2 is 1.48 bits per heavy atom. The summed E-state index contributed by atoms with van der Waals surface area (Å²) in [5.41, 5.74) is -1.99. The SMILES string of the molecule is CCOC(=O)CNC(=O)C[C@@]1(C(=O)NCC(=O)OCC)CCN(C(=O)OC(C)(C)C)C1. The van der Waals surface area contributed by atoms with Crippen LogP contribution in [0.5, 0.6) is 0 Å². The molecule has 176 valence electrons. The minimum absolute atomic E-state index is 0.0661. The van der Waals surface area contributed by atoms with Crippen molar-refractivity contribution in [3.63, 3.8) is 0 Å². The van der Waals surface area contributed by atoms with Gasteiger partial charge in [0.2, 0.25) is 11.8 Å². The lowest BCUT2D eigenvalue weighted by Gasteiger charge is -2.28. The van der Waals surface area contributed by atoms with E-state index >= 15 is 0 Å². The number of hydrogen-bond acceptors (Lipinski definition) is 8. The number of likely N-dealkylation sites (tertiary alicyclic amines) is 1. The molecule has 0 aromatic rings. The van der Waals surface area contributed by atoms with E-state index in [1.54, 1.807) is 34.6 Å².